The van der Waals surface area contributed by atoms with E-state index in [1.54, 1.807) is 12.1 Å². The minimum atomic E-state index is -0.424. The van der Waals surface area contributed by atoms with Gasteiger partial charge in [-0.1, -0.05) is 26.0 Å². The molecule has 2 aromatic rings. The third kappa shape index (κ3) is 5.49. The van der Waals surface area contributed by atoms with Crippen molar-refractivity contribution in [2.75, 3.05) is 18.4 Å². The van der Waals surface area contributed by atoms with E-state index in [4.69, 9.17) is 0 Å². The summed E-state index contributed by atoms with van der Waals surface area (Å²) in [6, 6.07) is 8.44. The van der Waals surface area contributed by atoms with E-state index in [0.29, 0.717) is 29.5 Å². The lowest BCUT2D eigenvalue weighted by molar-refractivity contribution is -0.384. The second-order valence-corrected chi connectivity index (χ2v) is 7.92. The van der Waals surface area contributed by atoms with Gasteiger partial charge in [0.25, 0.3) is 5.69 Å². The number of carbonyl (C=O) groups is 1. The largest absolute Gasteiger partial charge is 0.367 e. The highest BCUT2D eigenvalue weighted by atomic mass is 16.6. The molecule has 0 saturated carbocycles. The number of aryl methyl sites for hydroxylation is 1. The SMILES string of the molecule is Cc1cc(NC2CCN(C(=O)CC(C)C)CC2)nc(-c2cccc([N+](=O)[O-])c2)n1. The highest BCUT2D eigenvalue weighted by Crippen LogP contribution is 2.24. The molecule has 1 amide bonds. The van der Waals surface area contributed by atoms with E-state index in [1.807, 2.05) is 17.9 Å². The molecular weight excluding hydrogens is 370 g/mol. The van der Waals surface area contributed by atoms with E-state index in [0.717, 1.165) is 31.6 Å². The smallest absolute Gasteiger partial charge is 0.270 e. The number of nitrogens with zero attached hydrogens (tertiary/aromatic N) is 4. The number of aromatic nitrogens is 2. The molecule has 0 radical (unpaired) electrons. The Morgan fingerprint density at radius 1 is 1.28 bits per heavy atom. The van der Waals surface area contributed by atoms with E-state index in [1.165, 1.54) is 12.1 Å². The molecule has 0 unspecified atom stereocenters. The second kappa shape index (κ2) is 8.98. The average molecular weight is 397 g/mol. The van der Waals surface area contributed by atoms with Crippen LogP contribution in [0.15, 0.2) is 30.3 Å². The normalized spacial score (nSPS) is 14.8. The first-order valence-electron chi connectivity index (χ1n) is 9.96. The summed E-state index contributed by atoms with van der Waals surface area (Å²) in [6.45, 7) is 7.47. The summed E-state index contributed by atoms with van der Waals surface area (Å²) in [5.41, 5.74) is 1.41. The number of amides is 1. The number of hydrogen-bond donors (Lipinski definition) is 1. The molecule has 154 valence electrons. The predicted molar refractivity (Wildman–Crippen MR) is 112 cm³/mol. The Hall–Kier alpha value is -3.03. The van der Waals surface area contributed by atoms with Gasteiger partial charge in [0.15, 0.2) is 5.82 Å². The number of nitro groups is 1. The summed E-state index contributed by atoms with van der Waals surface area (Å²) >= 11 is 0. The van der Waals surface area contributed by atoms with Gasteiger partial charge in [-0.05, 0) is 25.7 Å². The molecule has 8 nitrogen and oxygen atoms in total. The van der Waals surface area contributed by atoms with Gasteiger partial charge < -0.3 is 10.2 Å². The van der Waals surface area contributed by atoms with Crippen LogP contribution >= 0.6 is 0 Å². The summed E-state index contributed by atoms with van der Waals surface area (Å²) < 4.78 is 0. The van der Waals surface area contributed by atoms with Gasteiger partial charge >= 0.3 is 0 Å². The third-order valence-corrected chi connectivity index (χ3v) is 4.95. The van der Waals surface area contributed by atoms with Crippen molar-refractivity contribution < 1.29 is 9.72 Å². The van der Waals surface area contributed by atoms with E-state index >= 15 is 0 Å². The van der Waals surface area contributed by atoms with Crippen LogP contribution in [0.5, 0.6) is 0 Å². The van der Waals surface area contributed by atoms with Crippen LogP contribution in [0.2, 0.25) is 0 Å². The monoisotopic (exact) mass is 397 g/mol. The van der Waals surface area contributed by atoms with Crippen LogP contribution in [0.1, 0.15) is 38.8 Å². The van der Waals surface area contributed by atoms with Crippen LogP contribution in [0.4, 0.5) is 11.5 Å². The van der Waals surface area contributed by atoms with Crippen molar-refractivity contribution in [1.29, 1.82) is 0 Å². The van der Waals surface area contributed by atoms with E-state index in [-0.39, 0.29) is 17.6 Å². The molecule has 1 fully saturated rings. The van der Waals surface area contributed by atoms with E-state index in [9.17, 15) is 14.9 Å². The molecule has 2 heterocycles. The molecular formula is C21H27N5O3. The summed E-state index contributed by atoms with van der Waals surface area (Å²) in [5.74, 6) is 1.76. The molecule has 1 aliphatic rings. The molecule has 8 heteroatoms. The lowest BCUT2D eigenvalue weighted by Crippen LogP contribution is -2.42. The summed E-state index contributed by atoms with van der Waals surface area (Å²) in [5, 5.41) is 14.5. The van der Waals surface area contributed by atoms with E-state index in [2.05, 4.69) is 29.1 Å². The fraction of sp³-hybridized carbons (Fsp3) is 0.476. The van der Waals surface area contributed by atoms with Gasteiger partial charge in [-0.25, -0.2) is 9.97 Å². The van der Waals surface area contributed by atoms with Crippen molar-refractivity contribution in [3.8, 4) is 11.4 Å². The molecule has 1 N–H and O–H groups in total. The Morgan fingerprint density at radius 3 is 2.66 bits per heavy atom. The standard InChI is InChI=1S/C21H27N5O3/c1-14(2)11-20(27)25-9-7-17(8-10-25)23-19-12-15(3)22-21(24-19)16-5-4-6-18(13-16)26(28)29/h4-6,12-14,17H,7-11H2,1-3H3,(H,22,23,24). The number of nitrogens with one attached hydrogen (secondary N) is 1. The molecule has 0 spiro atoms. The maximum Gasteiger partial charge on any atom is 0.270 e. The van der Waals surface area contributed by atoms with Gasteiger partial charge in [0.05, 0.1) is 4.92 Å². The fourth-order valence-corrected chi connectivity index (χ4v) is 3.49. The lowest BCUT2D eigenvalue weighted by Gasteiger charge is -2.33. The third-order valence-electron chi connectivity index (χ3n) is 4.95. The molecule has 0 aliphatic carbocycles. The maximum atomic E-state index is 12.2. The molecule has 1 aromatic heterocycles. The number of piperidine rings is 1. The number of anilines is 1. The minimum Gasteiger partial charge on any atom is -0.367 e. The van der Waals surface area contributed by atoms with Gasteiger partial charge in [0, 0.05) is 55.0 Å². The van der Waals surface area contributed by atoms with Gasteiger partial charge in [-0.3, -0.25) is 14.9 Å². The number of non-ortho nitro benzene ring substituents is 1. The molecule has 3 rings (SSSR count). The molecule has 1 aliphatic heterocycles. The molecule has 29 heavy (non-hydrogen) atoms. The highest BCUT2D eigenvalue weighted by Gasteiger charge is 2.23. The zero-order valence-corrected chi connectivity index (χ0v) is 17.1. The summed E-state index contributed by atoms with van der Waals surface area (Å²) in [4.78, 5) is 33.8. The van der Waals surface area contributed by atoms with Gasteiger partial charge in [-0.2, -0.15) is 0 Å². The first-order valence-corrected chi connectivity index (χ1v) is 9.96. The van der Waals surface area contributed by atoms with Crippen LogP contribution in [0.25, 0.3) is 11.4 Å². The highest BCUT2D eigenvalue weighted by molar-refractivity contribution is 5.76. The van der Waals surface area contributed by atoms with Crippen molar-refractivity contribution in [2.24, 2.45) is 5.92 Å². The number of carbonyl (C=O) groups excluding carboxylic acids is 1. The van der Waals surface area contributed by atoms with Crippen LogP contribution in [0.3, 0.4) is 0 Å². The number of likely N-dealkylation sites (tertiary alicyclic amines) is 1. The average Bonchev–Trinajstić information content (AvgIpc) is 2.67. The summed E-state index contributed by atoms with van der Waals surface area (Å²) in [6.07, 6.45) is 2.31. The molecule has 1 saturated heterocycles. The fourth-order valence-electron chi connectivity index (χ4n) is 3.49. The van der Waals surface area contributed by atoms with Crippen LogP contribution in [-0.2, 0) is 4.79 Å². The zero-order valence-electron chi connectivity index (χ0n) is 17.1. The lowest BCUT2D eigenvalue weighted by atomic mass is 10.0. The topological polar surface area (TPSA) is 101 Å². The van der Waals surface area contributed by atoms with Crippen molar-refractivity contribution >= 4 is 17.4 Å². The maximum absolute atomic E-state index is 12.2. The van der Waals surface area contributed by atoms with Crippen molar-refractivity contribution in [1.82, 2.24) is 14.9 Å². The quantitative estimate of drug-likeness (QED) is 0.587. The second-order valence-electron chi connectivity index (χ2n) is 7.92. The van der Waals surface area contributed by atoms with Crippen LogP contribution in [-0.4, -0.2) is 44.8 Å². The Balaban J connectivity index is 1.68. The Kier molecular flexibility index (Phi) is 6.41. The number of benzene rings is 1. The Bertz CT molecular complexity index is 892. The van der Waals surface area contributed by atoms with Gasteiger partial charge in [0.1, 0.15) is 5.82 Å². The van der Waals surface area contributed by atoms with Gasteiger partial charge in [0.2, 0.25) is 5.91 Å². The van der Waals surface area contributed by atoms with Crippen molar-refractivity contribution in [2.45, 2.75) is 46.1 Å². The summed E-state index contributed by atoms with van der Waals surface area (Å²) in [7, 11) is 0. The molecule has 0 atom stereocenters. The first kappa shape index (κ1) is 20.7. The number of nitro benzene ring substituents is 1. The molecule has 0 bridgehead atoms. The van der Waals surface area contributed by atoms with Crippen molar-refractivity contribution in [3.05, 3.63) is 46.1 Å². The molecule has 1 aromatic carbocycles. The number of rotatable bonds is 6. The first-order chi connectivity index (χ1) is 13.8. The van der Waals surface area contributed by atoms with E-state index < -0.39 is 4.92 Å². The predicted octanol–water partition coefficient (Wildman–Crippen LogP) is 3.81. The zero-order chi connectivity index (χ0) is 21.0. The Morgan fingerprint density at radius 2 is 2.00 bits per heavy atom. The van der Waals surface area contributed by atoms with Crippen molar-refractivity contribution in [3.63, 3.8) is 0 Å². The minimum absolute atomic E-state index is 0.0144. The Labute approximate surface area is 170 Å². The van der Waals surface area contributed by atoms with Crippen LogP contribution in [0, 0.1) is 23.0 Å². The van der Waals surface area contributed by atoms with Gasteiger partial charge in [-0.15, -0.1) is 0 Å². The van der Waals surface area contributed by atoms with Crippen LogP contribution < -0.4 is 5.32 Å². The number of hydrogen-bond acceptors (Lipinski definition) is 6.